The molecule has 2 aromatic heterocycles. The second-order valence-corrected chi connectivity index (χ2v) is 12.0. The maximum Gasteiger partial charge on any atom is 0.306 e. The molecule has 3 aromatic rings. The van der Waals surface area contributed by atoms with Crippen LogP contribution in [0.3, 0.4) is 0 Å². The molecule has 39 heavy (non-hydrogen) atoms. The van der Waals surface area contributed by atoms with Crippen molar-refractivity contribution in [2.75, 3.05) is 39.3 Å². The zero-order chi connectivity index (χ0) is 27.1. The number of benzene rings is 1. The van der Waals surface area contributed by atoms with Gasteiger partial charge in [-0.3, -0.25) is 9.69 Å². The monoisotopic (exact) mass is 527 g/mol. The summed E-state index contributed by atoms with van der Waals surface area (Å²) < 4.78 is 1.99. The van der Waals surface area contributed by atoms with Gasteiger partial charge in [-0.25, -0.2) is 9.50 Å². The molecule has 4 atom stereocenters. The van der Waals surface area contributed by atoms with E-state index in [1.807, 2.05) is 11.4 Å². The van der Waals surface area contributed by atoms with Gasteiger partial charge in [0, 0.05) is 62.6 Å². The maximum atomic E-state index is 11.5. The van der Waals surface area contributed by atoms with Crippen molar-refractivity contribution in [2.45, 2.75) is 46.5 Å². The number of nitrogens with zero attached hydrogens (tertiary/aromatic N) is 5. The molecule has 7 heteroatoms. The minimum absolute atomic E-state index is 0.0779. The number of aryl methyl sites for hydroxylation is 3. The standard InChI is InChI=1S/C32H41N5O2/c1-4-30-29(31-33-21(2)16-22(3)37(31)34-30)17-24-9-7-23(8-10-24)6-5-11-35-12-14-36(15-13-35)20-25-18-28(32(38)39)27-19-26(25)27/h5-10,16,25-28H,4,11-15,17-20H2,1-3H3,(H,38,39)/b6-5+/t25-,26?,27?,28?/m1/s1. The molecule has 1 aliphatic heterocycles. The number of hydrogen-bond donors (Lipinski definition) is 1. The molecule has 0 bridgehead atoms. The first-order valence-electron chi connectivity index (χ1n) is 14.7. The van der Waals surface area contributed by atoms with Crippen LogP contribution >= 0.6 is 0 Å². The first kappa shape index (κ1) is 26.2. The minimum Gasteiger partial charge on any atom is -0.481 e. The maximum absolute atomic E-state index is 11.5. The molecule has 0 amide bonds. The van der Waals surface area contributed by atoms with Crippen LogP contribution in [0.25, 0.3) is 11.7 Å². The Morgan fingerprint density at radius 1 is 1.05 bits per heavy atom. The summed E-state index contributed by atoms with van der Waals surface area (Å²) in [5, 5.41) is 14.3. The molecule has 3 heterocycles. The number of aromatic nitrogens is 3. The molecule has 1 N–H and O–H groups in total. The molecular formula is C32H41N5O2. The minimum atomic E-state index is -0.573. The van der Waals surface area contributed by atoms with E-state index in [1.54, 1.807) is 0 Å². The smallest absolute Gasteiger partial charge is 0.306 e. The Balaban J connectivity index is 0.992. The van der Waals surface area contributed by atoms with Crippen LogP contribution in [0.4, 0.5) is 0 Å². The molecule has 2 aliphatic carbocycles. The van der Waals surface area contributed by atoms with E-state index in [2.05, 4.69) is 66.1 Å². The van der Waals surface area contributed by atoms with Crippen LogP contribution in [0.15, 0.2) is 36.4 Å². The van der Waals surface area contributed by atoms with Gasteiger partial charge in [0.1, 0.15) is 0 Å². The molecular weight excluding hydrogens is 486 g/mol. The Morgan fingerprint density at radius 3 is 2.49 bits per heavy atom. The van der Waals surface area contributed by atoms with Gasteiger partial charge in [0.05, 0.1) is 11.6 Å². The fourth-order valence-corrected chi connectivity index (χ4v) is 7.06. The topological polar surface area (TPSA) is 74.0 Å². The molecule has 2 saturated carbocycles. The van der Waals surface area contributed by atoms with E-state index in [4.69, 9.17) is 10.1 Å². The Bertz CT molecular complexity index is 1370. The van der Waals surface area contributed by atoms with Crippen molar-refractivity contribution in [1.29, 1.82) is 0 Å². The van der Waals surface area contributed by atoms with E-state index in [9.17, 15) is 9.90 Å². The number of rotatable bonds is 9. The van der Waals surface area contributed by atoms with Crippen molar-refractivity contribution in [1.82, 2.24) is 24.4 Å². The normalized spacial score (nSPS) is 25.5. The van der Waals surface area contributed by atoms with Crippen LogP contribution in [-0.4, -0.2) is 74.7 Å². The number of carboxylic acid groups (broad SMARTS) is 1. The third-order valence-corrected chi connectivity index (χ3v) is 9.29. The Morgan fingerprint density at radius 2 is 1.79 bits per heavy atom. The third kappa shape index (κ3) is 5.52. The van der Waals surface area contributed by atoms with Gasteiger partial charge in [0.15, 0.2) is 5.65 Å². The Labute approximate surface area is 231 Å². The molecule has 0 spiro atoms. The number of carboxylic acids is 1. The van der Waals surface area contributed by atoms with Crippen LogP contribution in [0.5, 0.6) is 0 Å². The van der Waals surface area contributed by atoms with E-state index in [-0.39, 0.29) is 5.92 Å². The van der Waals surface area contributed by atoms with Crippen LogP contribution in [-0.2, 0) is 17.6 Å². The number of carbonyl (C=O) groups is 1. The second kappa shape index (κ2) is 10.9. The van der Waals surface area contributed by atoms with E-state index in [0.717, 1.165) is 87.7 Å². The lowest BCUT2D eigenvalue weighted by Crippen LogP contribution is -2.47. The van der Waals surface area contributed by atoms with Crippen LogP contribution < -0.4 is 0 Å². The molecule has 3 aliphatic rings. The van der Waals surface area contributed by atoms with Crippen molar-refractivity contribution < 1.29 is 9.90 Å². The highest BCUT2D eigenvalue weighted by Gasteiger charge is 2.56. The predicted octanol–water partition coefficient (Wildman–Crippen LogP) is 4.49. The fraction of sp³-hybridized carbons (Fsp3) is 0.531. The summed E-state index contributed by atoms with van der Waals surface area (Å²) in [5.41, 5.74) is 8.01. The van der Waals surface area contributed by atoms with E-state index < -0.39 is 5.97 Å². The van der Waals surface area contributed by atoms with Gasteiger partial charge in [-0.05, 0) is 68.1 Å². The van der Waals surface area contributed by atoms with E-state index in [0.29, 0.717) is 17.8 Å². The van der Waals surface area contributed by atoms with Gasteiger partial charge in [-0.1, -0.05) is 43.3 Å². The van der Waals surface area contributed by atoms with E-state index in [1.165, 1.54) is 16.7 Å². The van der Waals surface area contributed by atoms with E-state index >= 15 is 0 Å². The lowest BCUT2D eigenvalue weighted by molar-refractivity contribution is -0.142. The molecule has 3 fully saturated rings. The third-order valence-electron chi connectivity index (χ3n) is 9.29. The summed E-state index contributed by atoms with van der Waals surface area (Å²) >= 11 is 0. The van der Waals surface area contributed by atoms with Gasteiger partial charge in [-0.2, -0.15) is 5.10 Å². The van der Waals surface area contributed by atoms with Crippen molar-refractivity contribution >= 4 is 17.7 Å². The highest BCUT2D eigenvalue weighted by molar-refractivity contribution is 5.71. The van der Waals surface area contributed by atoms with Crippen molar-refractivity contribution in [3.8, 4) is 0 Å². The summed E-state index contributed by atoms with van der Waals surface area (Å²) in [6.07, 6.45) is 8.29. The highest BCUT2D eigenvalue weighted by Crippen LogP contribution is 2.58. The van der Waals surface area contributed by atoms with Crippen molar-refractivity contribution in [2.24, 2.45) is 23.7 Å². The average molecular weight is 528 g/mol. The lowest BCUT2D eigenvalue weighted by atomic mass is 9.97. The van der Waals surface area contributed by atoms with Crippen LogP contribution in [0, 0.1) is 37.5 Å². The van der Waals surface area contributed by atoms with Gasteiger partial charge >= 0.3 is 5.97 Å². The second-order valence-electron chi connectivity index (χ2n) is 12.0. The SMILES string of the molecule is CCc1nn2c(C)cc(C)nc2c1Cc1ccc(/C=C/CN2CCN(C[C@H]3CC(C(=O)O)C4CC43)CC2)cc1. The Hall–Kier alpha value is -3.03. The first-order valence-corrected chi connectivity index (χ1v) is 14.7. The van der Waals surface area contributed by atoms with Crippen LogP contribution in [0.2, 0.25) is 0 Å². The zero-order valence-corrected chi connectivity index (χ0v) is 23.5. The van der Waals surface area contributed by atoms with Gasteiger partial charge in [-0.15, -0.1) is 0 Å². The first-order chi connectivity index (χ1) is 18.9. The van der Waals surface area contributed by atoms with Crippen molar-refractivity contribution in [3.63, 3.8) is 0 Å². The fourth-order valence-electron chi connectivity index (χ4n) is 7.06. The van der Waals surface area contributed by atoms with Gasteiger partial charge < -0.3 is 10.0 Å². The molecule has 6 rings (SSSR count). The molecule has 1 aromatic carbocycles. The number of piperazine rings is 1. The summed E-state index contributed by atoms with van der Waals surface area (Å²) in [6.45, 7) is 12.7. The van der Waals surface area contributed by atoms with Crippen LogP contribution in [0.1, 0.15) is 53.5 Å². The lowest BCUT2D eigenvalue weighted by Gasteiger charge is -2.35. The number of hydrogen-bond acceptors (Lipinski definition) is 5. The van der Waals surface area contributed by atoms with Crippen molar-refractivity contribution in [3.05, 3.63) is 70.2 Å². The summed E-state index contributed by atoms with van der Waals surface area (Å²) in [7, 11) is 0. The van der Waals surface area contributed by atoms with Gasteiger partial charge in [0.25, 0.3) is 0 Å². The average Bonchev–Trinajstić information content (AvgIpc) is 3.52. The summed E-state index contributed by atoms with van der Waals surface area (Å²) in [6, 6.07) is 11.0. The molecule has 0 radical (unpaired) electrons. The molecule has 7 nitrogen and oxygen atoms in total. The predicted molar refractivity (Wildman–Crippen MR) is 154 cm³/mol. The molecule has 3 unspecified atom stereocenters. The number of aliphatic carboxylic acids is 1. The largest absolute Gasteiger partial charge is 0.481 e. The Kier molecular flexibility index (Phi) is 7.29. The summed E-state index contributed by atoms with van der Waals surface area (Å²) in [5.74, 6) is 1.09. The summed E-state index contributed by atoms with van der Waals surface area (Å²) in [4.78, 5) is 21.3. The van der Waals surface area contributed by atoms with Gasteiger partial charge in [0.2, 0.25) is 0 Å². The highest BCUT2D eigenvalue weighted by atomic mass is 16.4. The zero-order valence-electron chi connectivity index (χ0n) is 23.5. The quantitative estimate of drug-likeness (QED) is 0.442. The molecule has 1 saturated heterocycles. The molecule has 206 valence electrons. The number of fused-ring (bicyclic) bond motifs is 2.